The van der Waals surface area contributed by atoms with E-state index < -0.39 is 22.0 Å². The number of nitrogens with one attached hydrogen (secondary N) is 3. The summed E-state index contributed by atoms with van der Waals surface area (Å²) in [4.78, 5) is 26.0. The van der Waals surface area contributed by atoms with Crippen LogP contribution in [0, 0.1) is 0 Å². The molecule has 4 N–H and O–H groups in total. The molecule has 0 atom stereocenters. The van der Waals surface area contributed by atoms with E-state index in [0.717, 1.165) is 0 Å². The average Bonchev–Trinajstić information content (AvgIpc) is 2.39. The number of anilines is 1. The molecule has 0 aliphatic carbocycles. The lowest BCUT2D eigenvalue weighted by Crippen LogP contribution is -2.35. The van der Waals surface area contributed by atoms with Gasteiger partial charge in [0.25, 0.3) is 0 Å². The van der Waals surface area contributed by atoms with Crippen molar-refractivity contribution in [3.05, 3.63) is 24.0 Å². The number of carbonyl (C=O) groups is 2. The molecule has 20 heavy (non-hydrogen) atoms. The maximum absolute atomic E-state index is 11.5. The van der Waals surface area contributed by atoms with Crippen LogP contribution in [0.2, 0.25) is 0 Å². The van der Waals surface area contributed by atoms with Gasteiger partial charge < -0.3 is 15.7 Å². The molecule has 1 rings (SSSR count). The van der Waals surface area contributed by atoms with Crippen LogP contribution in [0.15, 0.2) is 18.3 Å². The van der Waals surface area contributed by atoms with E-state index in [1.807, 2.05) is 0 Å². The number of hydrogen-bond acceptors (Lipinski definition) is 5. The first-order valence-corrected chi connectivity index (χ1v) is 7.15. The Morgan fingerprint density at radius 2 is 2.10 bits per heavy atom. The number of urea groups is 1. The first-order chi connectivity index (χ1) is 9.35. The molecule has 0 aliphatic heterocycles. The van der Waals surface area contributed by atoms with Crippen molar-refractivity contribution in [2.24, 2.45) is 0 Å². The Morgan fingerprint density at radius 1 is 1.40 bits per heavy atom. The fraction of sp³-hybridized carbons (Fsp3) is 0.300. The van der Waals surface area contributed by atoms with Crippen LogP contribution >= 0.6 is 0 Å². The highest BCUT2D eigenvalue weighted by molar-refractivity contribution is 7.89. The summed E-state index contributed by atoms with van der Waals surface area (Å²) in [6.45, 7) is -0.113. The molecule has 9 nitrogen and oxygen atoms in total. The summed E-state index contributed by atoms with van der Waals surface area (Å²) in [7, 11) is -2.14. The maximum atomic E-state index is 11.5. The van der Waals surface area contributed by atoms with E-state index >= 15 is 0 Å². The predicted octanol–water partition coefficient (Wildman–Crippen LogP) is -0.549. The lowest BCUT2D eigenvalue weighted by atomic mass is 10.3. The van der Waals surface area contributed by atoms with Crippen LogP contribution in [0.25, 0.3) is 0 Å². The van der Waals surface area contributed by atoms with Crippen LogP contribution < -0.4 is 15.4 Å². The van der Waals surface area contributed by atoms with Crippen LogP contribution in [0.1, 0.15) is 10.5 Å². The average molecular weight is 302 g/mol. The quantitative estimate of drug-likeness (QED) is 0.556. The highest BCUT2D eigenvalue weighted by atomic mass is 32.2. The number of aromatic carboxylic acids is 1. The zero-order valence-corrected chi connectivity index (χ0v) is 11.4. The van der Waals surface area contributed by atoms with Gasteiger partial charge in [-0.2, -0.15) is 0 Å². The second-order valence-electron chi connectivity index (χ2n) is 3.61. The Labute approximate surface area is 115 Å². The summed E-state index contributed by atoms with van der Waals surface area (Å²) < 4.78 is 24.3. The summed E-state index contributed by atoms with van der Waals surface area (Å²) in [5.74, 6) is -1.56. The van der Waals surface area contributed by atoms with Crippen LogP contribution in [-0.4, -0.2) is 49.9 Å². The van der Waals surface area contributed by atoms with Gasteiger partial charge in [-0.25, -0.2) is 27.7 Å². The molecule has 1 heterocycles. The van der Waals surface area contributed by atoms with Gasteiger partial charge in [-0.05, 0) is 19.2 Å². The summed E-state index contributed by atoms with van der Waals surface area (Å²) in [5, 5.41) is 13.5. The molecule has 0 saturated heterocycles. The van der Waals surface area contributed by atoms with Crippen molar-refractivity contribution in [1.82, 2.24) is 15.0 Å². The molecule has 2 amide bonds. The Balaban J connectivity index is 2.57. The van der Waals surface area contributed by atoms with Gasteiger partial charge in [0.05, 0.1) is 11.4 Å². The number of rotatable bonds is 6. The fourth-order valence-corrected chi connectivity index (χ4v) is 1.82. The van der Waals surface area contributed by atoms with Crippen LogP contribution in [0.5, 0.6) is 0 Å². The van der Waals surface area contributed by atoms with Gasteiger partial charge in [-0.15, -0.1) is 0 Å². The molecule has 1 aromatic rings. The minimum absolute atomic E-state index is 0.0222. The Morgan fingerprint density at radius 3 is 2.70 bits per heavy atom. The second-order valence-corrected chi connectivity index (χ2v) is 5.65. The predicted molar refractivity (Wildman–Crippen MR) is 71.1 cm³/mol. The molecule has 0 saturated carbocycles. The molecule has 0 spiro atoms. The third-order valence-electron chi connectivity index (χ3n) is 2.23. The van der Waals surface area contributed by atoms with E-state index in [2.05, 4.69) is 20.3 Å². The summed E-state index contributed by atoms with van der Waals surface area (Å²) >= 11 is 0. The maximum Gasteiger partial charge on any atom is 0.356 e. The SMILES string of the molecule is CNS(=O)(=O)CCNC(=O)Nc1cccnc1C(=O)O. The monoisotopic (exact) mass is 302 g/mol. The standard InChI is InChI=1S/C10H14N4O5S/c1-11-20(18,19)6-5-13-10(17)14-7-3-2-4-12-8(7)9(15)16/h2-4,11H,5-6H2,1H3,(H,15,16)(H2,13,14,17). The number of amides is 2. The lowest BCUT2D eigenvalue weighted by molar-refractivity contribution is 0.0691. The molecule has 0 aliphatic rings. The minimum Gasteiger partial charge on any atom is -0.476 e. The molecule has 110 valence electrons. The number of carboxylic acid groups (broad SMARTS) is 1. The van der Waals surface area contributed by atoms with Crippen molar-refractivity contribution in [3.8, 4) is 0 Å². The molecule has 0 aromatic carbocycles. The van der Waals surface area contributed by atoms with Crippen LogP contribution in [-0.2, 0) is 10.0 Å². The molecule has 10 heteroatoms. The lowest BCUT2D eigenvalue weighted by Gasteiger charge is -2.09. The highest BCUT2D eigenvalue weighted by Crippen LogP contribution is 2.11. The zero-order valence-electron chi connectivity index (χ0n) is 10.6. The van der Waals surface area contributed by atoms with E-state index in [9.17, 15) is 18.0 Å². The van der Waals surface area contributed by atoms with E-state index in [4.69, 9.17) is 5.11 Å². The smallest absolute Gasteiger partial charge is 0.356 e. The first-order valence-electron chi connectivity index (χ1n) is 5.50. The number of hydrogen-bond donors (Lipinski definition) is 4. The van der Waals surface area contributed by atoms with Gasteiger partial charge in [0.15, 0.2) is 5.69 Å². The fourth-order valence-electron chi connectivity index (χ4n) is 1.24. The third kappa shape index (κ3) is 4.82. The Hall–Kier alpha value is -2.20. The first kappa shape index (κ1) is 15.9. The molecule has 0 radical (unpaired) electrons. The topological polar surface area (TPSA) is 137 Å². The normalized spacial score (nSPS) is 10.8. The summed E-state index contributed by atoms with van der Waals surface area (Å²) in [6, 6.07) is 2.13. The molecule has 0 fully saturated rings. The second kappa shape index (κ2) is 6.82. The molecule has 1 aromatic heterocycles. The number of aromatic nitrogens is 1. The minimum atomic E-state index is -3.41. The van der Waals surface area contributed by atoms with Crippen molar-refractivity contribution in [1.29, 1.82) is 0 Å². The molecular weight excluding hydrogens is 288 g/mol. The summed E-state index contributed by atoms with van der Waals surface area (Å²) in [6.07, 6.45) is 1.28. The largest absolute Gasteiger partial charge is 0.476 e. The van der Waals surface area contributed by atoms with Gasteiger partial charge in [0.1, 0.15) is 0 Å². The number of nitrogens with zero attached hydrogens (tertiary/aromatic N) is 1. The van der Waals surface area contributed by atoms with Gasteiger partial charge in [0, 0.05) is 12.7 Å². The van der Waals surface area contributed by atoms with Crippen LogP contribution in [0.4, 0.5) is 10.5 Å². The van der Waals surface area contributed by atoms with Crippen LogP contribution in [0.3, 0.4) is 0 Å². The van der Waals surface area contributed by atoms with Gasteiger partial charge >= 0.3 is 12.0 Å². The van der Waals surface area contributed by atoms with Gasteiger partial charge in [0.2, 0.25) is 10.0 Å². The highest BCUT2D eigenvalue weighted by Gasteiger charge is 2.13. The number of carbonyl (C=O) groups excluding carboxylic acids is 1. The van der Waals surface area contributed by atoms with Crippen molar-refractivity contribution in [2.75, 3.05) is 24.7 Å². The number of carboxylic acids is 1. The van der Waals surface area contributed by atoms with E-state index in [1.165, 1.54) is 25.4 Å². The number of sulfonamides is 1. The molecule has 0 unspecified atom stereocenters. The van der Waals surface area contributed by atoms with Crippen molar-refractivity contribution in [2.45, 2.75) is 0 Å². The summed E-state index contributed by atoms with van der Waals surface area (Å²) in [5.41, 5.74) is -0.278. The van der Waals surface area contributed by atoms with E-state index in [0.29, 0.717) is 0 Å². The van der Waals surface area contributed by atoms with E-state index in [-0.39, 0.29) is 23.7 Å². The third-order valence-corrected chi connectivity index (χ3v) is 3.59. The molecular formula is C10H14N4O5S. The Kier molecular flexibility index (Phi) is 5.41. The van der Waals surface area contributed by atoms with Crippen molar-refractivity contribution >= 4 is 27.7 Å². The van der Waals surface area contributed by atoms with E-state index in [1.54, 1.807) is 0 Å². The van der Waals surface area contributed by atoms with Gasteiger partial charge in [-0.3, -0.25) is 0 Å². The Bertz CT molecular complexity index is 601. The van der Waals surface area contributed by atoms with Gasteiger partial charge in [-0.1, -0.05) is 0 Å². The van der Waals surface area contributed by atoms with Crippen molar-refractivity contribution < 1.29 is 23.1 Å². The zero-order chi connectivity index (χ0) is 15.2. The van der Waals surface area contributed by atoms with Crippen molar-refractivity contribution in [3.63, 3.8) is 0 Å². The molecule has 0 bridgehead atoms. The number of pyridine rings is 1.